The maximum atomic E-state index is 12.1. The number of Topliss-reactive ketones (excluding diaryl/α,β-unsaturated/α-hetero) is 1. The van der Waals surface area contributed by atoms with Crippen molar-refractivity contribution in [2.45, 2.75) is 0 Å². The summed E-state index contributed by atoms with van der Waals surface area (Å²) in [5.74, 6) is -0.0565. The van der Waals surface area contributed by atoms with Crippen molar-refractivity contribution in [2.75, 3.05) is 13.7 Å². The lowest BCUT2D eigenvalue weighted by Gasteiger charge is -2.04. The van der Waals surface area contributed by atoms with Crippen molar-refractivity contribution in [1.29, 1.82) is 0 Å². The quantitative estimate of drug-likeness (QED) is 0.526. The zero-order chi connectivity index (χ0) is 16.2. The minimum Gasteiger partial charge on any atom is -0.497 e. The van der Waals surface area contributed by atoms with Crippen LogP contribution < -0.4 is 4.74 Å². The summed E-state index contributed by atoms with van der Waals surface area (Å²) < 4.78 is 11.2. The van der Waals surface area contributed by atoms with Crippen LogP contribution >= 0.6 is 11.3 Å². The van der Waals surface area contributed by atoms with Gasteiger partial charge in [-0.1, -0.05) is 18.2 Å². The summed E-state index contributed by atoms with van der Waals surface area (Å²) in [6, 6.07) is 16.2. The normalized spacial score (nSPS) is 10.5. The first kappa shape index (κ1) is 15.2. The van der Waals surface area contributed by atoms with Gasteiger partial charge in [0.15, 0.2) is 12.4 Å². The topological polar surface area (TPSA) is 52.6 Å². The second-order valence-electron chi connectivity index (χ2n) is 4.88. The molecular formula is C18H14O4S. The molecule has 1 heterocycles. The molecule has 1 aromatic heterocycles. The Hall–Kier alpha value is -2.66. The largest absolute Gasteiger partial charge is 0.497 e. The molecule has 0 saturated heterocycles. The van der Waals surface area contributed by atoms with Gasteiger partial charge >= 0.3 is 5.97 Å². The number of carbonyl (C=O) groups excluding carboxylic acids is 2. The summed E-state index contributed by atoms with van der Waals surface area (Å²) in [7, 11) is 1.56. The molecule has 0 aliphatic carbocycles. The fourth-order valence-corrected chi connectivity index (χ4v) is 3.10. The number of methoxy groups -OCH3 is 1. The standard InChI is InChI=1S/C18H14O4S/c1-21-14-8-6-12(7-9-14)15(19)11-22-18(20)17-10-13-4-2-3-5-16(13)23-17/h2-10H,11H2,1H3. The van der Waals surface area contributed by atoms with Crippen LogP contribution in [0.2, 0.25) is 0 Å². The average molecular weight is 326 g/mol. The first-order chi connectivity index (χ1) is 11.2. The Labute approximate surface area is 137 Å². The average Bonchev–Trinajstić information content (AvgIpc) is 3.03. The van der Waals surface area contributed by atoms with Gasteiger partial charge in [0.2, 0.25) is 0 Å². The Morgan fingerprint density at radius 3 is 2.48 bits per heavy atom. The van der Waals surface area contributed by atoms with Crippen molar-refractivity contribution in [3.63, 3.8) is 0 Å². The Bertz CT molecular complexity index is 816. The lowest BCUT2D eigenvalue weighted by molar-refractivity contribution is 0.0479. The maximum Gasteiger partial charge on any atom is 0.348 e. The summed E-state index contributed by atoms with van der Waals surface area (Å²) >= 11 is 1.36. The number of thiophene rings is 1. The van der Waals surface area contributed by atoms with Crippen molar-refractivity contribution in [2.24, 2.45) is 0 Å². The Kier molecular flexibility index (Phi) is 4.39. The summed E-state index contributed by atoms with van der Waals surface area (Å²) in [5, 5.41) is 0.992. The lowest BCUT2D eigenvalue weighted by Crippen LogP contribution is -2.13. The van der Waals surface area contributed by atoms with Gasteiger partial charge in [-0.2, -0.15) is 0 Å². The highest BCUT2D eigenvalue weighted by molar-refractivity contribution is 7.20. The number of ether oxygens (including phenoxy) is 2. The van der Waals surface area contributed by atoms with Crippen LogP contribution in [0.25, 0.3) is 10.1 Å². The third-order valence-corrected chi connectivity index (χ3v) is 4.47. The predicted molar refractivity (Wildman–Crippen MR) is 89.4 cm³/mol. The van der Waals surface area contributed by atoms with Crippen LogP contribution in [-0.2, 0) is 4.74 Å². The van der Waals surface area contributed by atoms with Gasteiger partial charge in [0.1, 0.15) is 10.6 Å². The van der Waals surface area contributed by atoms with Crippen molar-refractivity contribution < 1.29 is 19.1 Å². The number of carbonyl (C=O) groups is 2. The van der Waals surface area contributed by atoms with Gasteiger partial charge < -0.3 is 9.47 Å². The monoisotopic (exact) mass is 326 g/mol. The van der Waals surface area contributed by atoms with E-state index in [1.54, 1.807) is 37.4 Å². The van der Waals surface area contributed by atoms with Gasteiger partial charge in [0.05, 0.1) is 7.11 Å². The molecule has 0 unspecified atom stereocenters. The molecule has 0 spiro atoms. The molecule has 4 nitrogen and oxygen atoms in total. The van der Waals surface area contributed by atoms with Gasteiger partial charge in [0.25, 0.3) is 0 Å². The molecule has 0 bridgehead atoms. The van der Waals surface area contributed by atoms with Gasteiger partial charge in [-0.3, -0.25) is 4.79 Å². The number of fused-ring (bicyclic) bond motifs is 1. The first-order valence-electron chi connectivity index (χ1n) is 7.00. The molecule has 0 radical (unpaired) electrons. The number of hydrogen-bond donors (Lipinski definition) is 0. The van der Waals surface area contributed by atoms with E-state index in [4.69, 9.17) is 9.47 Å². The molecule has 2 aromatic carbocycles. The van der Waals surface area contributed by atoms with Crippen LogP contribution in [0, 0.1) is 0 Å². The minimum absolute atomic E-state index is 0.248. The molecular weight excluding hydrogens is 312 g/mol. The third kappa shape index (κ3) is 3.40. The van der Waals surface area contributed by atoms with Gasteiger partial charge in [0, 0.05) is 10.3 Å². The van der Waals surface area contributed by atoms with Gasteiger partial charge in [-0.05, 0) is 41.8 Å². The zero-order valence-electron chi connectivity index (χ0n) is 12.4. The van der Waals surface area contributed by atoms with Crippen LogP contribution in [0.5, 0.6) is 5.75 Å². The molecule has 3 rings (SSSR count). The van der Waals surface area contributed by atoms with Crippen LogP contribution in [0.15, 0.2) is 54.6 Å². The Morgan fingerprint density at radius 1 is 1.04 bits per heavy atom. The molecule has 0 fully saturated rings. The van der Waals surface area contributed by atoms with E-state index in [0.29, 0.717) is 16.2 Å². The third-order valence-electron chi connectivity index (χ3n) is 3.37. The molecule has 0 aliphatic rings. The van der Waals surface area contributed by atoms with Crippen LogP contribution in [0.1, 0.15) is 20.0 Å². The Morgan fingerprint density at radius 2 is 1.78 bits per heavy atom. The second kappa shape index (κ2) is 6.62. The smallest absolute Gasteiger partial charge is 0.348 e. The van der Waals surface area contributed by atoms with Gasteiger partial charge in [-0.25, -0.2) is 4.79 Å². The second-order valence-corrected chi connectivity index (χ2v) is 5.96. The van der Waals surface area contributed by atoms with E-state index in [1.165, 1.54) is 11.3 Å². The highest BCUT2D eigenvalue weighted by atomic mass is 32.1. The van der Waals surface area contributed by atoms with E-state index in [1.807, 2.05) is 24.3 Å². The Balaban J connectivity index is 1.64. The number of esters is 1. The summed E-state index contributed by atoms with van der Waals surface area (Å²) in [6.07, 6.45) is 0. The SMILES string of the molecule is COc1ccc(C(=O)COC(=O)c2cc3ccccc3s2)cc1. The van der Waals surface area contributed by atoms with Crippen molar-refractivity contribution in [1.82, 2.24) is 0 Å². The van der Waals surface area contributed by atoms with Crippen LogP contribution in [-0.4, -0.2) is 25.5 Å². The number of benzene rings is 2. The van der Waals surface area contributed by atoms with Crippen LogP contribution in [0.3, 0.4) is 0 Å². The molecule has 0 saturated carbocycles. The molecule has 23 heavy (non-hydrogen) atoms. The highest BCUT2D eigenvalue weighted by Gasteiger charge is 2.14. The summed E-state index contributed by atoms with van der Waals surface area (Å²) in [5.41, 5.74) is 0.481. The molecule has 0 N–H and O–H groups in total. The van der Waals surface area contributed by atoms with Crippen LogP contribution in [0.4, 0.5) is 0 Å². The lowest BCUT2D eigenvalue weighted by atomic mass is 10.1. The molecule has 0 amide bonds. The van der Waals surface area contributed by atoms with E-state index < -0.39 is 5.97 Å². The van der Waals surface area contributed by atoms with E-state index in [2.05, 4.69) is 0 Å². The number of ketones is 1. The summed E-state index contributed by atoms with van der Waals surface area (Å²) in [6.45, 7) is -0.278. The highest BCUT2D eigenvalue weighted by Crippen LogP contribution is 2.25. The van der Waals surface area contributed by atoms with E-state index >= 15 is 0 Å². The van der Waals surface area contributed by atoms with Crippen molar-refractivity contribution in [3.05, 3.63) is 65.0 Å². The van der Waals surface area contributed by atoms with Gasteiger partial charge in [-0.15, -0.1) is 11.3 Å². The van der Waals surface area contributed by atoms with Crippen molar-refractivity contribution >= 4 is 33.2 Å². The molecule has 0 aliphatic heterocycles. The zero-order valence-corrected chi connectivity index (χ0v) is 13.3. The number of hydrogen-bond acceptors (Lipinski definition) is 5. The first-order valence-corrected chi connectivity index (χ1v) is 7.82. The molecule has 116 valence electrons. The fraction of sp³-hybridized carbons (Fsp3) is 0.111. The predicted octanol–water partition coefficient (Wildman–Crippen LogP) is 3.95. The fourth-order valence-electron chi connectivity index (χ4n) is 2.14. The minimum atomic E-state index is -0.479. The van der Waals surface area contributed by atoms with Crippen molar-refractivity contribution in [3.8, 4) is 5.75 Å². The molecule has 3 aromatic rings. The van der Waals surface area contributed by atoms with E-state index in [0.717, 1.165) is 10.1 Å². The molecule has 5 heteroatoms. The van der Waals surface area contributed by atoms with E-state index in [-0.39, 0.29) is 12.4 Å². The molecule has 0 atom stereocenters. The summed E-state index contributed by atoms with van der Waals surface area (Å²) in [4.78, 5) is 24.6. The maximum absolute atomic E-state index is 12.1. The van der Waals surface area contributed by atoms with E-state index in [9.17, 15) is 9.59 Å². The number of rotatable bonds is 5.